The van der Waals surface area contributed by atoms with Crippen LogP contribution in [-0.4, -0.2) is 21.0 Å². The Morgan fingerprint density at radius 1 is 1.37 bits per heavy atom. The number of hydrogen-bond donors (Lipinski definition) is 2. The molecule has 0 aliphatic rings. The van der Waals surface area contributed by atoms with Crippen LogP contribution in [0.4, 0.5) is 8.78 Å². The fourth-order valence-electron chi connectivity index (χ4n) is 1.72. The van der Waals surface area contributed by atoms with Gasteiger partial charge in [-0.05, 0) is 25.1 Å². The Bertz CT molecular complexity index is 725. The molecule has 98 valence electrons. The van der Waals surface area contributed by atoms with E-state index in [1.54, 1.807) is 0 Å². The number of rotatable bonds is 2. The standard InChI is InChI=1S/C12H8F2N2O3/c1-5-9(11(17)18)10(16-12(19)15-5)7-4-6(13)2-3-8(7)14/h2-4H,1H3,(H,17,18)(H,15,16,19). The van der Waals surface area contributed by atoms with Crippen molar-refractivity contribution in [1.29, 1.82) is 0 Å². The predicted molar refractivity (Wildman–Crippen MR) is 61.9 cm³/mol. The summed E-state index contributed by atoms with van der Waals surface area (Å²) in [4.78, 5) is 28.1. The van der Waals surface area contributed by atoms with E-state index in [0.717, 1.165) is 18.2 Å². The number of benzene rings is 1. The zero-order valence-corrected chi connectivity index (χ0v) is 9.70. The molecule has 0 radical (unpaired) electrons. The zero-order chi connectivity index (χ0) is 14.2. The van der Waals surface area contributed by atoms with Crippen molar-refractivity contribution in [3.63, 3.8) is 0 Å². The number of carboxylic acid groups (broad SMARTS) is 1. The van der Waals surface area contributed by atoms with Crippen molar-refractivity contribution >= 4 is 5.97 Å². The first-order valence-corrected chi connectivity index (χ1v) is 5.20. The normalized spacial score (nSPS) is 10.5. The number of hydrogen-bond acceptors (Lipinski definition) is 3. The lowest BCUT2D eigenvalue weighted by Crippen LogP contribution is -2.18. The number of aryl methyl sites for hydroxylation is 1. The van der Waals surface area contributed by atoms with E-state index in [-0.39, 0.29) is 16.8 Å². The number of aromatic nitrogens is 2. The van der Waals surface area contributed by atoms with Gasteiger partial charge in [-0.2, -0.15) is 4.98 Å². The van der Waals surface area contributed by atoms with Gasteiger partial charge in [0.05, 0.1) is 5.69 Å². The summed E-state index contributed by atoms with van der Waals surface area (Å²) >= 11 is 0. The lowest BCUT2D eigenvalue weighted by Gasteiger charge is -2.08. The maximum atomic E-state index is 13.7. The molecule has 1 aromatic carbocycles. The minimum atomic E-state index is -1.39. The first-order chi connectivity index (χ1) is 8.90. The summed E-state index contributed by atoms with van der Waals surface area (Å²) in [5.41, 5.74) is -1.95. The lowest BCUT2D eigenvalue weighted by atomic mass is 10.0. The molecule has 0 aliphatic heterocycles. The summed E-state index contributed by atoms with van der Waals surface area (Å²) in [6.07, 6.45) is 0. The van der Waals surface area contributed by atoms with E-state index in [1.807, 2.05) is 0 Å². The number of carbonyl (C=O) groups is 1. The molecule has 0 saturated carbocycles. The van der Waals surface area contributed by atoms with Crippen LogP contribution in [0.2, 0.25) is 0 Å². The summed E-state index contributed by atoms with van der Waals surface area (Å²) < 4.78 is 26.8. The molecule has 7 heteroatoms. The summed E-state index contributed by atoms with van der Waals surface area (Å²) in [7, 11) is 0. The molecular formula is C12H8F2N2O3. The van der Waals surface area contributed by atoms with Gasteiger partial charge in [0.15, 0.2) is 0 Å². The van der Waals surface area contributed by atoms with Crippen LogP contribution in [0.25, 0.3) is 11.3 Å². The van der Waals surface area contributed by atoms with Gasteiger partial charge in [-0.3, -0.25) is 0 Å². The molecule has 5 nitrogen and oxygen atoms in total. The van der Waals surface area contributed by atoms with E-state index in [2.05, 4.69) is 9.97 Å². The molecule has 2 aromatic rings. The van der Waals surface area contributed by atoms with Gasteiger partial charge in [-0.1, -0.05) is 0 Å². The molecule has 0 bridgehead atoms. The Labute approximate surface area is 105 Å². The fraction of sp³-hybridized carbons (Fsp3) is 0.0833. The number of H-pyrrole nitrogens is 1. The second kappa shape index (κ2) is 4.60. The Balaban J connectivity index is 2.85. The Morgan fingerprint density at radius 2 is 2.05 bits per heavy atom. The van der Waals surface area contributed by atoms with Gasteiger partial charge >= 0.3 is 11.7 Å². The van der Waals surface area contributed by atoms with E-state index >= 15 is 0 Å². The Hall–Kier alpha value is -2.57. The Morgan fingerprint density at radius 3 is 2.68 bits per heavy atom. The quantitative estimate of drug-likeness (QED) is 0.867. The average molecular weight is 266 g/mol. The lowest BCUT2D eigenvalue weighted by molar-refractivity contribution is 0.0696. The van der Waals surface area contributed by atoms with E-state index in [1.165, 1.54) is 6.92 Å². The van der Waals surface area contributed by atoms with Crippen LogP contribution < -0.4 is 5.69 Å². The number of aromatic amines is 1. The molecule has 2 N–H and O–H groups in total. The van der Waals surface area contributed by atoms with Gasteiger partial charge in [0.2, 0.25) is 0 Å². The van der Waals surface area contributed by atoms with Crippen LogP contribution in [0, 0.1) is 18.6 Å². The largest absolute Gasteiger partial charge is 0.478 e. The van der Waals surface area contributed by atoms with Gasteiger partial charge < -0.3 is 10.1 Å². The molecular weight excluding hydrogens is 258 g/mol. The molecule has 0 unspecified atom stereocenters. The van der Waals surface area contributed by atoms with Crippen molar-refractivity contribution < 1.29 is 18.7 Å². The maximum Gasteiger partial charge on any atom is 0.345 e. The number of aromatic carboxylic acids is 1. The van der Waals surface area contributed by atoms with E-state index in [9.17, 15) is 18.4 Å². The van der Waals surface area contributed by atoms with Crippen molar-refractivity contribution in [3.05, 3.63) is 51.6 Å². The smallest absolute Gasteiger partial charge is 0.345 e. The molecule has 2 rings (SSSR count). The second-order valence-electron chi connectivity index (χ2n) is 3.82. The molecule has 0 saturated heterocycles. The summed E-state index contributed by atoms with van der Waals surface area (Å²) in [6.45, 7) is 1.34. The second-order valence-corrected chi connectivity index (χ2v) is 3.82. The van der Waals surface area contributed by atoms with Crippen molar-refractivity contribution in [2.45, 2.75) is 6.92 Å². The molecule has 1 heterocycles. The summed E-state index contributed by atoms with van der Waals surface area (Å²) in [5.74, 6) is -3.01. The minimum Gasteiger partial charge on any atom is -0.478 e. The number of halogens is 2. The fourth-order valence-corrected chi connectivity index (χ4v) is 1.72. The minimum absolute atomic E-state index is 0.0196. The van der Waals surface area contributed by atoms with Crippen molar-refractivity contribution in [3.8, 4) is 11.3 Å². The van der Waals surface area contributed by atoms with Crippen LogP contribution in [0.15, 0.2) is 23.0 Å². The third-order valence-electron chi connectivity index (χ3n) is 2.52. The summed E-state index contributed by atoms with van der Waals surface area (Å²) in [6, 6.07) is 2.52. The molecule has 0 atom stereocenters. The van der Waals surface area contributed by atoms with Crippen molar-refractivity contribution in [2.24, 2.45) is 0 Å². The van der Waals surface area contributed by atoms with Crippen molar-refractivity contribution in [1.82, 2.24) is 9.97 Å². The van der Waals surface area contributed by atoms with E-state index in [4.69, 9.17) is 5.11 Å². The number of carboxylic acids is 1. The van der Waals surface area contributed by atoms with Gasteiger partial charge in [-0.15, -0.1) is 0 Å². The van der Waals surface area contributed by atoms with Gasteiger partial charge in [0.25, 0.3) is 0 Å². The van der Waals surface area contributed by atoms with Gasteiger partial charge in [0.1, 0.15) is 17.2 Å². The molecule has 19 heavy (non-hydrogen) atoms. The predicted octanol–water partition coefficient (Wildman–Crippen LogP) is 1.72. The highest BCUT2D eigenvalue weighted by molar-refractivity contribution is 5.95. The van der Waals surface area contributed by atoms with Crippen LogP contribution in [-0.2, 0) is 0 Å². The highest BCUT2D eigenvalue weighted by Gasteiger charge is 2.20. The summed E-state index contributed by atoms with van der Waals surface area (Å²) in [5, 5.41) is 9.08. The highest BCUT2D eigenvalue weighted by atomic mass is 19.1. The molecule has 0 amide bonds. The van der Waals surface area contributed by atoms with Crippen LogP contribution in [0.1, 0.15) is 16.1 Å². The topological polar surface area (TPSA) is 83.0 Å². The maximum absolute atomic E-state index is 13.7. The SMILES string of the molecule is Cc1[nH]c(=O)nc(-c2cc(F)ccc2F)c1C(=O)O. The van der Waals surface area contributed by atoms with E-state index in [0.29, 0.717) is 0 Å². The van der Waals surface area contributed by atoms with E-state index < -0.39 is 29.0 Å². The zero-order valence-electron chi connectivity index (χ0n) is 9.70. The van der Waals surface area contributed by atoms with Gasteiger partial charge in [0, 0.05) is 11.3 Å². The highest BCUT2D eigenvalue weighted by Crippen LogP contribution is 2.25. The first-order valence-electron chi connectivity index (χ1n) is 5.20. The average Bonchev–Trinajstić information content (AvgIpc) is 2.30. The molecule has 0 aliphatic carbocycles. The molecule has 0 spiro atoms. The number of nitrogens with zero attached hydrogens (tertiary/aromatic N) is 1. The number of nitrogens with one attached hydrogen (secondary N) is 1. The van der Waals surface area contributed by atoms with Crippen LogP contribution >= 0.6 is 0 Å². The third-order valence-corrected chi connectivity index (χ3v) is 2.52. The van der Waals surface area contributed by atoms with Gasteiger partial charge in [-0.25, -0.2) is 18.4 Å². The first kappa shape index (κ1) is 12.9. The Kier molecular flexibility index (Phi) is 3.12. The molecule has 1 aromatic heterocycles. The third kappa shape index (κ3) is 2.35. The monoisotopic (exact) mass is 266 g/mol. The van der Waals surface area contributed by atoms with Crippen molar-refractivity contribution in [2.75, 3.05) is 0 Å². The van der Waals surface area contributed by atoms with Crippen LogP contribution in [0.3, 0.4) is 0 Å². The molecule has 0 fully saturated rings. The van der Waals surface area contributed by atoms with Crippen LogP contribution in [0.5, 0.6) is 0 Å².